The summed E-state index contributed by atoms with van der Waals surface area (Å²) >= 11 is 0. The number of benzene rings is 7. The number of oxazole rings is 1. The van der Waals surface area contributed by atoms with Crippen LogP contribution in [-0.2, 0) is 80.5 Å². The number of piperidine rings is 1. The number of Topliss-reactive ketones (excluding diaryl/α,β-unsaturated/α-hetero) is 1. The monoisotopic (exact) mass is 1960 g/mol. The molecular formula is C110H169N13O18. The molecule has 1 aromatic heterocycles. The second-order valence-corrected chi connectivity index (χ2v) is 27.1. The van der Waals surface area contributed by atoms with Crippen molar-refractivity contribution in [1.29, 1.82) is 0 Å². The van der Waals surface area contributed by atoms with Crippen molar-refractivity contribution < 1.29 is 81.4 Å². The number of likely N-dealkylation sites (N-methyl/N-ethyl adjacent to an activating group) is 1. The number of esters is 1. The summed E-state index contributed by atoms with van der Waals surface area (Å²) in [6.45, 7) is 61.8. The van der Waals surface area contributed by atoms with E-state index >= 15 is 0 Å². The lowest BCUT2D eigenvalue weighted by Crippen LogP contribution is -2.31. The summed E-state index contributed by atoms with van der Waals surface area (Å²) in [5, 5.41) is 35.4. The molecule has 1 saturated heterocycles. The molecule has 1 fully saturated rings. The van der Waals surface area contributed by atoms with Crippen LogP contribution in [0.4, 0.5) is 5.69 Å². The van der Waals surface area contributed by atoms with Gasteiger partial charge < -0.3 is 72.5 Å². The number of fused-ring (bicyclic) bond motifs is 1. The highest BCUT2D eigenvalue weighted by Crippen LogP contribution is 2.15. The summed E-state index contributed by atoms with van der Waals surface area (Å²) in [4.78, 5) is 114. The SMILES string of the molecule is C/C=N/OC(=O)COc1ccccc1.C/C=N/OCC(=O)Cc1ccccc1.C/C=N/OCC(=O)N(C)c1ccccc1.C/C=N/OCC(=O)Oc1ccccc1.CC.CC.CC.CC.CC.CC.CC.CC(=O)NCCON=C(C)C.CC(C)=NOC/C=C/c1ccccc1.CC(C)=NOCC#Cc1ccccc1.CC(C)=NOCCCN1CCCCC1.CC(C)=NOCCn1c(=O)oc2ccccc21. The zero-order valence-electron chi connectivity index (χ0n) is 90.2. The molecule has 31 heteroatoms. The first-order chi connectivity index (χ1) is 68.4. The molecule has 9 rings (SSSR count). The Hall–Kier alpha value is -14.2. The minimum Gasteiger partial charge on any atom is -0.482 e. The van der Waals surface area contributed by atoms with E-state index in [-0.39, 0.29) is 49.8 Å². The van der Waals surface area contributed by atoms with Gasteiger partial charge in [-0.05, 0) is 207 Å². The highest BCUT2D eigenvalue weighted by Gasteiger charge is 2.13. The first-order valence-electron chi connectivity index (χ1n) is 48.2. The van der Waals surface area contributed by atoms with Crippen LogP contribution < -0.4 is 25.4 Å². The molecule has 0 atom stereocenters. The fourth-order valence-electron chi connectivity index (χ4n) is 9.23. The average Bonchev–Trinajstić information content (AvgIpc) is 1.67. The Kier molecular flexibility index (Phi) is 107. The van der Waals surface area contributed by atoms with Gasteiger partial charge in [-0.25, -0.2) is 14.4 Å². The van der Waals surface area contributed by atoms with E-state index in [0.29, 0.717) is 63.0 Å². The van der Waals surface area contributed by atoms with Crippen molar-refractivity contribution in [3.05, 3.63) is 240 Å². The van der Waals surface area contributed by atoms with E-state index in [1.165, 1.54) is 79.2 Å². The minimum absolute atomic E-state index is 0.0294. The van der Waals surface area contributed by atoms with Crippen molar-refractivity contribution in [3.8, 4) is 23.3 Å². The number of rotatable bonds is 36. The number of nitrogens with zero attached hydrogens (tertiary/aromatic N) is 12. The van der Waals surface area contributed by atoms with E-state index in [9.17, 15) is 28.8 Å². The molecule has 0 aliphatic carbocycles. The molecule has 2 amide bonds. The second-order valence-electron chi connectivity index (χ2n) is 27.1. The molecule has 7 aromatic carbocycles. The lowest BCUT2D eigenvalue weighted by atomic mass is 10.1. The van der Waals surface area contributed by atoms with Crippen LogP contribution in [0.25, 0.3) is 17.2 Å². The maximum atomic E-state index is 11.6. The van der Waals surface area contributed by atoms with Crippen molar-refractivity contribution >= 4 is 106 Å². The fourth-order valence-corrected chi connectivity index (χ4v) is 9.23. The van der Waals surface area contributed by atoms with E-state index < -0.39 is 11.9 Å². The average molecular weight is 1960 g/mol. The van der Waals surface area contributed by atoms with Gasteiger partial charge >= 0.3 is 17.7 Å². The molecule has 1 N–H and O–H groups in total. The maximum absolute atomic E-state index is 11.6. The summed E-state index contributed by atoms with van der Waals surface area (Å²) < 4.78 is 16.7. The smallest absolute Gasteiger partial charge is 0.420 e. The van der Waals surface area contributed by atoms with Crippen LogP contribution in [0.1, 0.15) is 243 Å². The summed E-state index contributed by atoms with van der Waals surface area (Å²) in [7, 11) is 1.71. The minimum atomic E-state index is -0.521. The van der Waals surface area contributed by atoms with Gasteiger partial charge in [0.1, 0.15) is 37.9 Å². The molecule has 2 heterocycles. The van der Waals surface area contributed by atoms with Gasteiger partial charge in [-0.15, -0.1) is 0 Å². The molecule has 141 heavy (non-hydrogen) atoms. The summed E-state index contributed by atoms with van der Waals surface area (Å²) in [5.41, 5.74) is 9.90. The standard InChI is InChI=1S/C12H14N2O3.C12H15NO.C12H13NO.C11H14N2O2.C11H22N2O.C11H13NO2.2C10H11NO3.C7H14N2O2.7C2H6/c1-9(2)13-16-8-7-14-10-5-3-4-6-11(10)17-12(14)15;2*1-11(2)13-14-10-6-9-12-7-4-3-5-8-12;1-3-12-15-9-11(14)13(2)10-7-5-4-6-8-10;1-11(2)12-14-10-6-9-13-7-4-3-5-8-13;1-2-12-14-9-11(13)8-10-6-4-3-5-7-10;1-2-11-13-8-10(12)14-9-6-4-3-5-7-9;1-2-11-14-10(12)8-13-9-6-4-3-5-7-9;1-6(2)9-11-5-4-8-7(3)10;7*1-2/h3-6H,7-8H2,1-2H3;3-9H,10H2,1-2H3;3-5,7-8H,10H2,1-2H3;3-8H,9H2,1-2H3;3-10H2,1-2H3;2-7H,8-9H2,1H3;2*2-7H,8H2,1H3;4-5H2,1-3H3,(H,8,10);7*1-2H3/b;9-6+;;12-3+;;12-2+;2*11-2+;;;;;;;;. The highest BCUT2D eigenvalue weighted by atomic mass is 16.7. The van der Waals surface area contributed by atoms with Crippen LogP contribution in [0.15, 0.2) is 268 Å². The zero-order valence-corrected chi connectivity index (χ0v) is 90.2. The lowest BCUT2D eigenvalue weighted by Gasteiger charge is -2.25. The van der Waals surface area contributed by atoms with Crippen LogP contribution >= 0.6 is 0 Å². The molecular weight excluding hydrogens is 1790 g/mol. The van der Waals surface area contributed by atoms with Crippen molar-refractivity contribution in [1.82, 2.24) is 14.8 Å². The summed E-state index contributed by atoms with van der Waals surface area (Å²) in [5.74, 6) is 5.47. The Labute approximate surface area is 843 Å². The molecule has 8 aromatic rings. The zero-order chi connectivity index (χ0) is 107. The molecule has 0 bridgehead atoms. The first kappa shape index (κ1) is 140. The number of hydrogen-bond acceptors (Lipinski definition) is 28. The molecule has 0 spiro atoms. The summed E-state index contributed by atoms with van der Waals surface area (Å²) in [6.07, 6.45) is 15.5. The maximum Gasteiger partial charge on any atom is 0.420 e. The van der Waals surface area contributed by atoms with Crippen molar-refractivity contribution in [2.75, 3.05) is 97.6 Å². The quantitative estimate of drug-likeness (QED) is 0.00725. The van der Waals surface area contributed by atoms with Gasteiger partial charge in [0.2, 0.25) is 12.5 Å². The molecule has 1 aliphatic heterocycles. The molecule has 0 radical (unpaired) electrons. The molecule has 0 unspecified atom stereocenters. The predicted molar refractivity (Wildman–Crippen MR) is 586 cm³/mol. The third-order valence-electron chi connectivity index (χ3n) is 14.6. The van der Waals surface area contributed by atoms with E-state index in [0.717, 1.165) is 70.5 Å². The molecule has 31 nitrogen and oxygen atoms in total. The Bertz CT molecular complexity index is 4620. The van der Waals surface area contributed by atoms with E-state index in [1.807, 2.05) is 342 Å². The van der Waals surface area contributed by atoms with Crippen molar-refractivity contribution in [2.24, 2.45) is 46.4 Å². The number of nitrogens with one attached hydrogen (secondary N) is 1. The highest BCUT2D eigenvalue weighted by molar-refractivity contribution is 5.93. The number of anilines is 1. The number of carbonyl (C=O) groups excluding carboxylic acids is 5. The molecule has 782 valence electrons. The topological polar surface area (TPSA) is 352 Å². The van der Waals surface area contributed by atoms with E-state index in [2.05, 4.69) is 78.1 Å². The number of amides is 2. The van der Waals surface area contributed by atoms with Gasteiger partial charge in [-0.1, -0.05) is 313 Å². The Balaban J connectivity index is -0.000000282. The molecule has 0 saturated carbocycles. The van der Waals surface area contributed by atoms with Crippen LogP contribution in [0.3, 0.4) is 0 Å². The third kappa shape index (κ3) is 93.3. The predicted octanol–water partition coefficient (Wildman–Crippen LogP) is 24.3. The van der Waals surface area contributed by atoms with E-state index in [4.69, 9.17) is 47.8 Å². The van der Waals surface area contributed by atoms with Gasteiger partial charge in [0, 0.05) is 63.0 Å². The van der Waals surface area contributed by atoms with Gasteiger partial charge in [0.15, 0.2) is 37.8 Å². The van der Waals surface area contributed by atoms with Crippen LogP contribution in [0, 0.1) is 11.8 Å². The Morgan fingerprint density at radius 3 is 1.38 bits per heavy atom. The number of hydrogen-bond donors (Lipinski definition) is 1. The summed E-state index contributed by atoms with van der Waals surface area (Å²) in [6, 6.07) is 64.0. The van der Waals surface area contributed by atoms with Crippen LogP contribution in [0.5, 0.6) is 11.5 Å². The normalized spacial score (nSPS) is 9.97. The lowest BCUT2D eigenvalue weighted by molar-refractivity contribution is -0.146. The second kappa shape index (κ2) is 108. The largest absolute Gasteiger partial charge is 0.482 e. The van der Waals surface area contributed by atoms with Crippen LogP contribution in [-0.4, -0.2) is 185 Å². The number of aromatic nitrogens is 1. The van der Waals surface area contributed by atoms with Gasteiger partial charge in [0.05, 0.1) is 47.2 Å². The molecule has 1 aliphatic rings. The van der Waals surface area contributed by atoms with Crippen LogP contribution in [0.2, 0.25) is 0 Å². The van der Waals surface area contributed by atoms with Gasteiger partial charge in [0.25, 0.3) is 5.91 Å². The van der Waals surface area contributed by atoms with Gasteiger partial charge in [-0.3, -0.25) is 19.0 Å². The first-order valence-corrected chi connectivity index (χ1v) is 48.2. The number of ketones is 1. The number of oxime groups is 9. The number of ether oxygens (including phenoxy) is 2. The van der Waals surface area contributed by atoms with E-state index in [1.54, 1.807) is 77.2 Å². The third-order valence-corrected chi connectivity index (χ3v) is 14.6. The number of carbonyl (C=O) groups is 5. The van der Waals surface area contributed by atoms with Gasteiger partial charge in [-0.2, -0.15) is 0 Å². The fraction of sp³-hybridized carbons (Fsp3) is 0.445. The van der Waals surface area contributed by atoms with Crippen molar-refractivity contribution in [3.63, 3.8) is 0 Å². The van der Waals surface area contributed by atoms with Crippen molar-refractivity contribution in [2.45, 2.75) is 239 Å². The number of likely N-dealkylation sites (tertiary alicyclic amines) is 1. The Morgan fingerprint density at radius 2 is 0.872 bits per heavy atom. The number of para-hydroxylation sites is 5. The Morgan fingerprint density at radius 1 is 0.440 bits per heavy atom.